The zero-order valence-corrected chi connectivity index (χ0v) is 10.1. The molecule has 2 atom stereocenters. The summed E-state index contributed by atoms with van der Waals surface area (Å²) in [4.78, 5) is 11.1. The number of carbonyl (C=O) groups is 1. The van der Waals surface area contributed by atoms with Gasteiger partial charge in [0.25, 0.3) is 0 Å². The molecule has 0 spiro atoms. The van der Waals surface area contributed by atoms with Crippen LogP contribution in [0, 0.1) is 17.3 Å². The summed E-state index contributed by atoms with van der Waals surface area (Å²) in [5.74, 6) is -0.357. The van der Waals surface area contributed by atoms with Crippen LogP contribution in [-0.4, -0.2) is 11.1 Å². The molecule has 0 fully saturated rings. The Bertz CT molecular complexity index is 179. The molecule has 0 saturated heterocycles. The largest absolute Gasteiger partial charge is 0.481 e. The predicted octanol–water partition coefficient (Wildman–Crippen LogP) is 3.56. The van der Waals surface area contributed by atoms with Gasteiger partial charge in [0.05, 0.1) is 5.92 Å². The molecule has 0 radical (unpaired) electrons. The quantitative estimate of drug-likeness (QED) is 0.736. The molecule has 2 unspecified atom stereocenters. The minimum absolute atomic E-state index is 0.131. The van der Waals surface area contributed by atoms with Gasteiger partial charge in [-0.25, -0.2) is 0 Å². The van der Waals surface area contributed by atoms with Gasteiger partial charge in [-0.15, -0.1) is 0 Å². The third-order valence-electron chi connectivity index (χ3n) is 2.76. The molecule has 2 nitrogen and oxygen atoms in total. The van der Waals surface area contributed by atoms with Gasteiger partial charge in [-0.2, -0.15) is 0 Å². The molecule has 0 rings (SSSR count). The average molecular weight is 200 g/mol. The van der Waals surface area contributed by atoms with Gasteiger partial charge < -0.3 is 5.11 Å². The molecular weight excluding hydrogens is 176 g/mol. The highest BCUT2D eigenvalue weighted by molar-refractivity contribution is 5.70. The zero-order valence-electron chi connectivity index (χ0n) is 10.1. The Morgan fingerprint density at radius 3 is 2.14 bits per heavy atom. The number of carboxylic acids is 1. The number of aliphatic carboxylic acids is 1. The third kappa shape index (κ3) is 4.64. The van der Waals surface area contributed by atoms with Crippen molar-refractivity contribution >= 4 is 5.97 Å². The van der Waals surface area contributed by atoms with E-state index in [9.17, 15) is 4.79 Å². The van der Waals surface area contributed by atoms with Crippen LogP contribution in [0.1, 0.15) is 53.9 Å². The van der Waals surface area contributed by atoms with Gasteiger partial charge in [-0.1, -0.05) is 47.5 Å². The lowest BCUT2D eigenvalue weighted by molar-refractivity contribution is -0.146. The van der Waals surface area contributed by atoms with Crippen molar-refractivity contribution in [2.24, 2.45) is 17.3 Å². The Morgan fingerprint density at radius 1 is 1.36 bits per heavy atom. The van der Waals surface area contributed by atoms with Crippen LogP contribution < -0.4 is 0 Å². The Balaban J connectivity index is 4.32. The van der Waals surface area contributed by atoms with E-state index in [0.29, 0.717) is 5.92 Å². The monoisotopic (exact) mass is 200 g/mol. The molecule has 14 heavy (non-hydrogen) atoms. The fraction of sp³-hybridized carbons (Fsp3) is 0.917. The lowest BCUT2D eigenvalue weighted by Gasteiger charge is -2.29. The molecule has 0 bridgehead atoms. The summed E-state index contributed by atoms with van der Waals surface area (Å²) in [6, 6.07) is 0. The van der Waals surface area contributed by atoms with E-state index >= 15 is 0 Å². The second-order valence-electron chi connectivity index (χ2n) is 5.39. The standard InChI is InChI=1S/C12H24O2/c1-6-7-9(2)8-10(11(13)14)12(3,4)5/h9-10H,6-8H2,1-5H3,(H,13,14). The van der Waals surface area contributed by atoms with Crippen LogP contribution in [0.5, 0.6) is 0 Å². The predicted molar refractivity (Wildman–Crippen MR) is 59.3 cm³/mol. The van der Waals surface area contributed by atoms with Crippen molar-refractivity contribution in [1.29, 1.82) is 0 Å². The van der Waals surface area contributed by atoms with E-state index in [1.807, 2.05) is 20.8 Å². The summed E-state index contributed by atoms with van der Waals surface area (Å²) in [6.07, 6.45) is 3.06. The lowest BCUT2D eigenvalue weighted by atomic mass is 9.75. The number of carboxylic acid groups (broad SMARTS) is 1. The highest BCUT2D eigenvalue weighted by atomic mass is 16.4. The van der Waals surface area contributed by atoms with Gasteiger partial charge in [-0.05, 0) is 17.8 Å². The Labute approximate surface area is 87.7 Å². The first kappa shape index (κ1) is 13.5. The first-order valence-electron chi connectivity index (χ1n) is 5.51. The molecule has 0 amide bonds. The van der Waals surface area contributed by atoms with Crippen LogP contribution in [0.15, 0.2) is 0 Å². The summed E-state index contributed by atoms with van der Waals surface area (Å²) < 4.78 is 0. The maximum absolute atomic E-state index is 11.1. The topological polar surface area (TPSA) is 37.3 Å². The summed E-state index contributed by atoms with van der Waals surface area (Å²) in [7, 11) is 0. The van der Waals surface area contributed by atoms with Gasteiger partial charge in [0.2, 0.25) is 0 Å². The second kappa shape index (κ2) is 5.38. The molecule has 84 valence electrons. The zero-order chi connectivity index (χ0) is 11.4. The molecule has 0 aliphatic carbocycles. The highest BCUT2D eigenvalue weighted by Gasteiger charge is 2.31. The van der Waals surface area contributed by atoms with Gasteiger partial charge in [0.15, 0.2) is 0 Å². The average Bonchev–Trinajstić information content (AvgIpc) is 1.98. The maximum Gasteiger partial charge on any atom is 0.307 e. The minimum Gasteiger partial charge on any atom is -0.481 e. The lowest BCUT2D eigenvalue weighted by Crippen LogP contribution is -2.30. The minimum atomic E-state index is -0.652. The van der Waals surface area contributed by atoms with Crippen molar-refractivity contribution in [3.63, 3.8) is 0 Å². The van der Waals surface area contributed by atoms with Gasteiger partial charge in [-0.3, -0.25) is 4.79 Å². The van der Waals surface area contributed by atoms with E-state index in [0.717, 1.165) is 19.3 Å². The number of hydrogen-bond acceptors (Lipinski definition) is 1. The molecule has 2 heteroatoms. The molecule has 0 saturated carbocycles. The molecule has 0 aromatic heterocycles. The molecular formula is C12H24O2. The summed E-state index contributed by atoms with van der Waals surface area (Å²) in [6.45, 7) is 10.3. The van der Waals surface area contributed by atoms with Crippen LogP contribution >= 0.6 is 0 Å². The van der Waals surface area contributed by atoms with Crippen LogP contribution in [0.2, 0.25) is 0 Å². The number of hydrogen-bond donors (Lipinski definition) is 1. The van der Waals surface area contributed by atoms with E-state index < -0.39 is 5.97 Å². The Morgan fingerprint density at radius 2 is 1.86 bits per heavy atom. The normalized spacial score (nSPS) is 16.4. The highest BCUT2D eigenvalue weighted by Crippen LogP contribution is 2.32. The molecule has 0 aliphatic heterocycles. The smallest absolute Gasteiger partial charge is 0.307 e. The fourth-order valence-electron chi connectivity index (χ4n) is 1.84. The van der Waals surface area contributed by atoms with Gasteiger partial charge >= 0.3 is 5.97 Å². The van der Waals surface area contributed by atoms with E-state index in [-0.39, 0.29) is 11.3 Å². The Kier molecular flexibility index (Phi) is 5.17. The van der Waals surface area contributed by atoms with Crippen molar-refractivity contribution in [2.75, 3.05) is 0 Å². The summed E-state index contributed by atoms with van der Waals surface area (Å²) in [5, 5.41) is 9.13. The molecule has 0 aromatic rings. The maximum atomic E-state index is 11.1. The van der Waals surface area contributed by atoms with Crippen molar-refractivity contribution in [2.45, 2.75) is 53.9 Å². The van der Waals surface area contributed by atoms with Crippen molar-refractivity contribution < 1.29 is 9.90 Å². The first-order valence-corrected chi connectivity index (χ1v) is 5.51. The van der Waals surface area contributed by atoms with E-state index in [1.54, 1.807) is 0 Å². The van der Waals surface area contributed by atoms with Crippen molar-refractivity contribution in [3.05, 3.63) is 0 Å². The van der Waals surface area contributed by atoms with Crippen LogP contribution in [0.4, 0.5) is 0 Å². The molecule has 0 aromatic carbocycles. The first-order chi connectivity index (χ1) is 6.29. The fourth-order valence-corrected chi connectivity index (χ4v) is 1.84. The molecule has 0 aliphatic rings. The third-order valence-corrected chi connectivity index (χ3v) is 2.76. The summed E-state index contributed by atoms with van der Waals surface area (Å²) >= 11 is 0. The van der Waals surface area contributed by atoms with Crippen LogP contribution in [0.25, 0.3) is 0 Å². The molecule has 0 heterocycles. The summed E-state index contributed by atoms with van der Waals surface area (Å²) in [5.41, 5.74) is -0.131. The second-order valence-corrected chi connectivity index (χ2v) is 5.39. The van der Waals surface area contributed by atoms with E-state index in [4.69, 9.17) is 5.11 Å². The number of rotatable bonds is 5. The van der Waals surface area contributed by atoms with Crippen LogP contribution in [0.3, 0.4) is 0 Å². The van der Waals surface area contributed by atoms with Crippen molar-refractivity contribution in [1.82, 2.24) is 0 Å². The molecule has 1 N–H and O–H groups in total. The van der Waals surface area contributed by atoms with Gasteiger partial charge in [0, 0.05) is 0 Å². The van der Waals surface area contributed by atoms with Crippen LogP contribution in [-0.2, 0) is 4.79 Å². The SMILES string of the molecule is CCCC(C)CC(C(=O)O)C(C)(C)C. The Hall–Kier alpha value is -0.530. The van der Waals surface area contributed by atoms with E-state index in [1.165, 1.54) is 0 Å². The van der Waals surface area contributed by atoms with Crippen molar-refractivity contribution in [3.8, 4) is 0 Å². The van der Waals surface area contributed by atoms with Gasteiger partial charge in [0.1, 0.15) is 0 Å². The van der Waals surface area contributed by atoms with E-state index in [2.05, 4.69) is 13.8 Å².